The molecule has 156 valence electrons. The number of imide groups is 1. The lowest BCUT2D eigenvalue weighted by Gasteiger charge is -2.37. The fraction of sp³-hybridized carbons (Fsp3) is 0.167. The first kappa shape index (κ1) is 19.8. The number of carbonyl (C=O) groups excluding carboxylic acids is 2. The zero-order valence-electron chi connectivity index (χ0n) is 16.7. The van der Waals surface area contributed by atoms with E-state index in [9.17, 15) is 9.59 Å². The van der Waals surface area contributed by atoms with Crippen LogP contribution in [0.5, 0.6) is 0 Å². The van der Waals surface area contributed by atoms with Crippen molar-refractivity contribution in [3.8, 4) is 0 Å². The predicted molar refractivity (Wildman–Crippen MR) is 125 cm³/mol. The molecular weight excluding hydrogens is 430 g/mol. The molecule has 1 aromatic heterocycles. The van der Waals surface area contributed by atoms with Crippen LogP contribution in [0.3, 0.4) is 0 Å². The van der Waals surface area contributed by atoms with Crippen LogP contribution in [0.4, 0.5) is 11.4 Å². The maximum absolute atomic E-state index is 13.5. The Bertz CT molecular complexity index is 1140. The van der Waals surface area contributed by atoms with Crippen molar-refractivity contribution < 1.29 is 9.59 Å². The fourth-order valence-electron chi connectivity index (χ4n) is 4.11. The van der Waals surface area contributed by atoms with Crippen LogP contribution in [0.15, 0.2) is 77.8 Å². The van der Waals surface area contributed by atoms with Gasteiger partial charge in [-0.15, -0.1) is 11.3 Å². The average molecular weight is 450 g/mol. The molecule has 5 nitrogen and oxygen atoms in total. The van der Waals surface area contributed by atoms with E-state index in [-0.39, 0.29) is 11.8 Å². The molecule has 2 aromatic carbocycles. The van der Waals surface area contributed by atoms with Gasteiger partial charge in [0, 0.05) is 41.8 Å². The molecule has 0 spiro atoms. The summed E-state index contributed by atoms with van der Waals surface area (Å²) in [5, 5.41) is 2.49. The Hall–Kier alpha value is -3.09. The van der Waals surface area contributed by atoms with Gasteiger partial charge in [0.15, 0.2) is 0 Å². The van der Waals surface area contributed by atoms with E-state index in [1.807, 2.05) is 35.7 Å². The number of benzene rings is 2. The molecule has 0 unspecified atom stereocenters. The van der Waals surface area contributed by atoms with Crippen LogP contribution in [0.25, 0.3) is 5.57 Å². The number of hydrogen-bond donors (Lipinski definition) is 0. The third kappa shape index (κ3) is 3.62. The molecule has 1 fully saturated rings. The van der Waals surface area contributed by atoms with Crippen molar-refractivity contribution in [1.82, 2.24) is 4.90 Å². The van der Waals surface area contributed by atoms with Crippen molar-refractivity contribution >= 4 is 51.7 Å². The summed E-state index contributed by atoms with van der Waals surface area (Å²) in [6.07, 6.45) is 0. The van der Waals surface area contributed by atoms with Gasteiger partial charge in [0.05, 0.1) is 11.3 Å². The minimum atomic E-state index is -0.282. The fourth-order valence-corrected chi connectivity index (χ4v) is 4.99. The smallest absolute Gasteiger partial charge is 0.282 e. The number of para-hydroxylation sites is 1. The predicted octanol–water partition coefficient (Wildman–Crippen LogP) is 4.51. The van der Waals surface area contributed by atoms with E-state index in [1.54, 1.807) is 24.3 Å². The van der Waals surface area contributed by atoms with Gasteiger partial charge in [0.2, 0.25) is 0 Å². The van der Waals surface area contributed by atoms with E-state index < -0.39 is 0 Å². The van der Waals surface area contributed by atoms with Crippen molar-refractivity contribution in [2.24, 2.45) is 0 Å². The van der Waals surface area contributed by atoms with Crippen molar-refractivity contribution in [1.29, 1.82) is 0 Å². The van der Waals surface area contributed by atoms with Gasteiger partial charge >= 0.3 is 0 Å². The second-order valence-electron chi connectivity index (χ2n) is 7.43. The average Bonchev–Trinajstić information content (AvgIpc) is 3.41. The number of hydrogen-bond acceptors (Lipinski definition) is 5. The molecule has 3 heterocycles. The highest BCUT2D eigenvalue weighted by atomic mass is 35.5. The molecule has 1 saturated heterocycles. The molecule has 31 heavy (non-hydrogen) atoms. The van der Waals surface area contributed by atoms with E-state index in [2.05, 4.69) is 21.9 Å². The number of nitrogens with zero attached hydrogens (tertiary/aromatic N) is 3. The number of halogens is 1. The summed E-state index contributed by atoms with van der Waals surface area (Å²) in [4.78, 5) is 33.4. The molecule has 7 heteroatoms. The van der Waals surface area contributed by atoms with Crippen LogP contribution in [0, 0.1) is 0 Å². The quantitative estimate of drug-likeness (QED) is 0.550. The first-order chi connectivity index (χ1) is 15.1. The highest BCUT2D eigenvalue weighted by Crippen LogP contribution is 2.37. The van der Waals surface area contributed by atoms with Crippen LogP contribution in [0.2, 0.25) is 5.02 Å². The summed E-state index contributed by atoms with van der Waals surface area (Å²) >= 11 is 7.48. The second kappa shape index (κ2) is 8.21. The van der Waals surface area contributed by atoms with Gasteiger partial charge in [-0.1, -0.05) is 35.9 Å². The summed E-state index contributed by atoms with van der Waals surface area (Å²) in [7, 11) is 0. The Morgan fingerprint density at radius 1 is 0.710 bits per heavy atom. The maximum Gasteiger partial charge on any atom is 0.282 e. The summed E-state index contributed by atoms with van der Waals surface area (Å²) in [5.74, 6) is -0.556. The number of anilines is 2. The summed E-state index contributed by atoms with van der Waals surface area (Å²) in [6, 6.07) is 20.9. The van der Waals surface area contributed by atoms with Crippen molar-refractivity contribution in [3.63, 3.8) is 0 Å². The van der Waals surface area contributed by atoms with Crippen LogP contribution in [-0.4, -0.2) is 42.9 Å². The first-order valence-corrected chi connectivity index (χ1v) is 11.4. The van der Waals surface area contributed by atoms with E-state index in [4.69, 9.17) is 11.6 Å². The molecule has 0 aliphatic carbocycles. The maximum atomic E-state index is 13.5. The van der Waals surface area contributed by atoms with Crippen LogP contribution in [0.1, 0.15) is 4.88 Å². The van der Waals surface area contributed by atoms with Gasteiger partial charge in [-0.2, -0.15) is 0 Å². The Kier molecular flexibility index (Phi) is 5.26. The summed E-state index contributed by atoms with van der Waals surface area (Å²) < 4.78 is 0. The number of carbonyl (C=O) groups is 2. The van der Waals surface area contributed by atoms with Gasteiger partial charge < -0.3 is 9.80 Å². The van der Waals surface area contributed by atoms with E-state index in [0.717, 1.165) is 18.0 Å². The molecule has 0 saturated carbocycles. The molecule has 0 bridgehead atoms. The minimum absolute atomic E-state index is 0.274. The molecule has 0 N–H and O–H groups in total. The second-order valence-corrected chi connectivity index (χ2v) is 8.82. The van der Waals surface area contributed by atoms with Gasteiger partial charge in [-0.05, 0) is 47.8 Å². The van der Waals surface area contributed by atoms with Gasteiger partial charge in [0.1, 0.15) is 5.70 Å². The number of amides is 2. The van der Waals surface area contributed by atoms with E-state index in [0.29, 0.717) is 35.1 Å². The zero-order valence-corrected chi connectivity index (χ0v) is 18.3. The Morgan fingerprint density at radius 2 is 1.39 bits per heavy atom. The van der Waals surface area contributed by atoms with E-state index in [1.165, 1.54) is 21.9 Å². The van der Waals surface area contributed by atoms with Gasteiger partial charge in [0.25, 0.3) is 11.8 Å². The van der Waals surface area contributed by atoms with Crippen molar-refractivity contribution in [3.05, 3.63) is 87.7 Å². The highest BCUT2D eigenvalue weighted by molar-refractivity contribution is 7.11. The third-order valence-corrected chi connectivity index (χ3v) is 6.77. The Balaban J connectivity index is 1.47. The van der Waals surface area contributed by atoms with Crippen molar-refractivity contribution in [2.45, 2.75) is 0 Å². The van der Waals surface area contributed by atoms with E-state index >= 15 is 0 Å². The molecule has 2 aliphatic rings. The monoisotopic (exact) mass is 449 g/mol. The SMILES string of the molecule is O=C1C(c2cccs2)=C(N2CCN(c3ccccc3)CC2)C(=O)N1c1ccc(Cl)cc1. The third-order valence-electron chi connectivity index (χ3n) is 5.63. The Labute approximate surface area is 189 Å². The normalized spacial score (nSPS) is 17.1. The molecule has 2 aliphatic heterocycles. The lowest BCUT2D eigenvalue weighted by Crippen LogP contribution is -2.47. The highest BCUT2D eigenvalue weighted by Gasteiger charge is 2.43. The van der Waals surface area contributed by atoms with Crippen LogP contribution in [-0.2, 0) is 9.59 Å². The number of thiophene rings is 1. The molecule has 2 amide bonds. The number of rotatable bonds is 4. The summed E-state index contributed by atoms with van der Waals surface area (Å²) in [5.41, 5.74) is 2.69. The first-order valence-electron chi connectivity index (χ1n) is 10.1. The number of piperazine rings is 1. The Morgan fingerprint density at radius 3 is 2.03 bits per heavy atom. The lowest BCUT2D eigenvalue weighted by atomic mass is 10.1. The topological polar surface area (TPSA) is 43.9 Å². The molecule has 0 radical (unpaired) electrons. The van der Waals surface area contributed by atoms with Crippen LogP contribution < -0.4 is 9.80 Å². The van der Waals surface area contributed by atoms with Gasteiger partial charge in [-0.3, -0.25) is 9.59 Å². The molecule has 0 atom stereocenters. The van der Waals surface area contributed by atoms with Crippen molar-refractivity contribution in [2.75, 3.05) is 36.0 Å². The largest absolute Gasteiger partial charge is 0.368 e. The lowest BCUT2D eigenvalue weighted by molar-refractivity contribution is -0.120. The molecule has 3 aromatic rings. The zero-order chi connectivity index (χ0) is 21.4. The minimum Gasteiger partial charge on any atom is -0.368 e. The molecule has 5 rings (SSSR count). The molecular formula is C24H20ClN3O2S. The van der Waals surface area contributed by atoms with Crippen LogP contribution >= 0.6 is 22.9 Å². The van der Waals surface area contributed by atoms with Gasteiger partial charge in [-0.25, -0.2) is 4.90 Å². The summed E-state index contributed by atoms with van der Waals surface area (Å²) in [6.45, 7) is 2.92. The standard InChI is InChI=1S/C24H20ClN3O2S/c25-17-8-10-19(11-9-17)28-23(29)21(20-7-4-16-31-20)22(24(28)30)27-14-12-26(13-15-27)18-5-2-1-3-6-18/h1-11,16H,12-15H2.